The molecule has 0 aliphatic carbocycles. The Hall–Kier alpha value is -2.79. The van der Waals surface area contributed by atoms with Crippen LogP contribution in [-0.4, -0.2) is 35.3 Å². The zero-order valence-corrected chi connectivity index (χ0v) is 19.3. The molecule has 0 atom stereocenters. The van der Waals surface area contributed by atoms with Crippen molar-refractivity contribution >= 4 is 55.4 Å². The Morgan fingerprint density at radius 1 is 1.06 bits per heavy atom. The van der Waals surface area contributed by atoms with E-state index in [1.165, 1.54) is 11.3 Å². The van der Waals surface area contributed by atoms with Gasteiger partial charge in [0.15, 0.2) is 15.0 Å². The number of carbonyl (C=O) groups excluding carboxylic acids is 1. The predicted molar refractivity (Wildman–Crippen MR) is 123 cm³/mol. The summed E-state index contributed by atoms with van der Waals surface area (Å²) in [5.74, 6) is -2.08. The van der Waals surface area contributed by atoms with Crippen molar-refractivity contribution in [3.05, 3.63) is 69.8 Å². The van der Waals surface area contributed by atoms with Crippen LogP contribution in [-0.2, 0) is 20.4 Å². The van der Waals surface area contributed by atoms with E-state index in [4.69, 9.17) is 27.6 Å². The number of carbonyl (C=O) groups is 1. The quantitative estimate of drug-likeness (QED) is 0.383. The lowest BCUT2D eigenvalue weighted by Crippen LogP contribution is -2.24. The van der Waals surface area contributed by atoms with Crippen molar-refractivity contribution in [3.63, 3.8) is 0 Å². The highest BCUT2D eigenvalue weighted by molar-refractivity contribution is 7.91. The van der Waals surface area contributed by atoms with Crippen LogP contribution in [0, 0.1) is 0 Å². The first kappa shape index (κ1) is 22.4. The van der Waals surface area contributed by atoms with Gasteiger partial charge in [0, 0.05) is 16.0 Å². The van der Waals surface area contributed by atoms with E-state index < -0.39 is 27.3 Å². The number of benzene rings is 2. The topological polar surface area (TPSA) is 115 Å². The Kier molecular flexibility index (Phi) is 6.56. The summed E-state index contributed by atoms with van der Waals surface area (Å²) in [6.45, 7) is 0. The van der Waals surface area contributed by atoms with Gasteiger partial charge in [-0.2, -0.15) is 0 Å². The molecule has 4 rings (SSSR count). The summed E-state index contributed by atoms with van der Waals surface area (Å²) < 4.78 is 30.3. The van der Waals surface area contributed by atoms with Crippen molar-refractivity contribution in [3.8, 4) is 22.7 Å². The number of sulfone groups is 1. The first-order valence-corrected chi connectivity index (χ1v) is 12.5. The molecule has 0 aliphatic rings. The predicted octanol–water partition coefficient (Wildman–Crippen LogP) is 4.72. The van der Waals surface area contributed by atoms with Gasteiger partial charge in [0.25, 0.3) is 0 Å². The van der Waals surface area contributed by atoms with E-state index in [-0.39, 0.29) is 16.9 Å². The lowest BCUT2D eigenvalue weighted by Gasteiger charge is -2.02. The second-order valence-corrected chi connectivity index (χ2v) is 10.4. The van der Waals surface area contributed by atoms with Gasteiger partial charge >= 0.3 is 0 Å². The van der Waals surface area contributed by atoms with E-state index in [2.05, 4.69) is 20.5 Å². The molecular weight excluding hydrogens is 495 g/mol. The Bertz CT molecular complexity index is 1370. The summed E-state index contributed by atoms with van der Waals surface area (Å²) in [7, 11) is -3.86. The molecule has 0 aliphatic heterocycles. The SMILES string of the molecule is O=C(CS(=O)(=O)Cc1nnc(-c2ccccc2Cl)o1)Nc1nc(-c2ccc(Cl)cc2)cs1. The molecule has 1 N–H and O–H groups in total. The molecule has 12 heteroatoms. The summed E-state index contributed by atoms with van der Waals surface area (Å²) in [4.78, 5) is 16.6. The lowest BCUT2D eigenvalue weighted by molar-refractivity contribution is -0.113. The van der Waals surface area contributed by atoms with Crippen LogP contribution >= 0.6 is 34.5 Å². The van der Waals surface area contributed by atoms with Crippen LogP contribution in [0.3, 0.4) is 0 Å². The maximum atomic E-state index is 12.4. The highest BCUT2D eigenvalue weighted by Gasteiger charge is 2.22. The molecule has 1 amide bonds. The Morgan fingerprint density at radius 2 is 1.81 bits per heavy atom. The van der Waals surface area contributed by atoms with Crippen molar-refractivity contribution in [2.24, 2.45) is 0 Å². The first-order valence-electron chi connectivity index (χ1n) is 9.08. The second kappa shape index (κ2) is 9.37. The molecule has 0 unspecified atom stereocenters. The first-order chi connectivity index (χ1) is 15.3. The van der Waals surface area contributed by atoms with E-state index in [1.807, 2.05) is 0 Å². The van der Waals surface area contributed by atoms with E-state index >= 15 is 0 Å². The third-order valence-electron chi connectivity index (χ3n) is 4.16. The van der Waals surface area contributed by atoms with E-state index in [0.717, 1.165) is 5.56 Å². The van der Waals surface area contributed by atoms with Crippen molar-refractivity contribution in [2.75, 3.05) is 11.1 Å². The fraction of sp³-hybridized carbons (Fsp3) is 0.100. The summed E-state index contributed by atoms with van der Waals surface area (Å²) >= 11 is 13.1. The Balaban J connectivity index is 1.38. The normalized spacial score (nSPS) is 11.4. The maximum absolute atomic E-state index is 12.4. The average Bonchev–Trinajstić information content (AvgIpc) is 3.38. The van der Waals surface area contributed by atoms with Crippen LogP contribution in [0.2, 0.25) is 10.0 Å². The molecule has 0 spiro atoms. The van der Waals surface area contributed by atoms with Gasteiger partial charge in [0.05, 0.1) is 16.3 Å². The molecule has 0 bridgehead atoms. The smallest absolute Gasteiger partial charge is 0.249 e. The van der Waals surface area contributed by atoms with Gasteiger partial charge in [0.2, 0.25) is 17.7 Å². The van der Waals surface area contributed by atoms with Crippen LogP contribution < -0.4 is 5.32 Å². The molecule has 2 aromatic carbocycles. The number of nitrogens with one attached hydrogen (secondary N) is 1. The number of amides is 1. The van der Waals surface area contributed by atoms with Crippen LogP contribution in [0.1, 0.15) is 5.89 Å². The highest BCUT2D eigenvalue weighted by Crippen LogP contribution is 2.27. The number of halogens is 2. The maximum Gasteiger partial charge on any atom is 0.249 e. The molecule has 4 aromatic rings. The van der Waals surface area contributed by atoms with E-state index in [1.54, 1.807) is 53.9 Å². The Morgan fingerprint density at radius 3 is 2.56 bits per heavy atom. The largest absolute Gasteiger partial charge is 0.420 e. The van der Waals surface area contributed by atoms with Gasteiger partial charge in [-0.15, -0.1) is 21.5 Å². The zero-order valence-electron chi connectivity index (χ0n) is 16.2. The van der Waals surface area contributed by atoms with Crippen LogP contribution in [0.25, 0.3) is 22.7 Å². The van der Waals surface area contributed by atoms with Crippen molar-refractivity contribution in [1.29, 1.82) is 0 Å². The number of hydrogen-bond acceptors (Lipinski definition) is 8. The van der Waals surface area contributed by atoms with Crippen molar-refractivity contribution in [1.82, 2.24) is 15.2 Å². The number of hydrogen-bond donors (Lipinski definition) is 1. The Labute approximate surface area is 197 Å². The van der Waals surface area contributed by atoms with Crippen molar-refractivity contribution < 1.29 is 17.6 Å². The molecule has 32 heavy (non-hydrogen) atoms. The third kappa shape index (κ3) is 5.52. The van der Waals surface area contributed by atoms with Gasteiger partial charge in [0.1, 0.15) is 11.5 Å². The minimum absolute atomic E-state index is 0.0998. The van der Waals surface area contributed by atoms with Gasteiger partial charge in [-0.1, -0.05) is 47.5 Å². The fourth-order valence-corrected chi connectivity index (χ4v) is 4.88. The standard InChI is InChI=1S/C20H14Cl2N4O4S2/c21-13-7-5-12(6-8-13)16-9-31-20(23-16)24-17(27)10-32(28,29)11-18-25-26-19(30-18)14-3-1-2-4-15(14)22/h1-9H,10-11H2,(H,23,24,27). The minimum atomic E-state index is -3.86. The summed E-state index contributed by atoms with van der Waals surface area (Å²) in [6.07, 6.45) is 0. The summed E-state index contributed by atoms with van der Waals surface area (Å²) in [5, 5.41) is 13.1. The number of rotatable bonds is 7. The average molecular weight is 509 g/mol. The van der Waals surface area contributed by atoms with Crippen LogP contribution in [0.5, 0.6) is 0 Å². The third-order valence-corrected chi connectivity index (χ3v) is 6.88. The van der Waals surface area contributed by atoms with Gasteiger partial charge in [-0.3, -0.25) is 4.79 Å². The summed E-state index contributed by atoms with van der Waals surface area (Å²) in [6, 6.07) is 13.9. The second-order valence-electron chi connectivity index (χ2n) is 6.61. The molecule has 0 radical (unpaired) electrons. The number of nitrogens with zero attached hydrogens (tertiary/aromatic N) is 3. The van der Waals surface area contributed by atoms with Crippen molar-refractivity contribution in [2.45, 2.75) is 5.75 Å². The number of thiazole rings is 1. The summed E-state index contributed by atoms with van der Waals surface area (Å²) in [5.41, 5.74) is 1.95. The fourth-order valence-electron chi connectivity index (χ4n) is 2.73. The molecule has 0 saturated heterocycles. The van der Waals surface area contributed by atoms with Gasteiger partial charge in [-0.25, -0.2) is 13.4 Å². The molecular formula is C20H14Cl2N4O4S2. The lowest BCUT2D eigenvalue weighted by atomic mass is 10.2. The van der Waals surface area contributed by atoms with Crippen LogP contribution in [0.15, 0.2) is 58.3 Å². The minimum Gasteiger partial charge on any atom is -0.420 e. The monoisotopic (exact) mass is 508 g/mol. The molecule has 164 valence electrons. The van der Waals surface area contributed by atoms with Crippen LogP contribution in [0.4, 0.5) is 5.13 Å². The molecule has 2 heterocycles. The molecule has 8 nitrogen and oxygen atoms in total. The van der Waals surface area contributed by atoms with Gasteiger partial charge < -0.3 is 9.73 Å². The zero-order chi connectivity index (χ0) is 22.7. The van der Waals surface area contributed by atoms with E-state index in [0.29, 0.717) is 21.3 Å². The van der Waals surface area contributed by atoms with Gasteiger partial charge in [-0.05, 0) is 24.3 Å². The van der Waals surface area contributed by atoms with E-state index in [9.17, 15) is 13.2 Å². The molecule has 0 fully saturated rings. The number of aromatic nitrogens is 3. The number of anilines is 1. The molecule has 0 saturated carbocycles. The molecule has 2 aromatic heterocycles. The highest BCUT2D eigenvalue weighted by atomic mass is 35.5.